The van der Waals surface area contributed by atoms with Gasteiger partial charge in [0, 0.05) is 6.54 Å². The van der Waals surface area contributed by atoms with Gasteiger partial charge in [-0.25, -0.2) is 4.98 Å². The van der Waals surface area contributed by atoms with E-state index in [1.54, 1.807) is 12.1 Å². The largest absolute Gasteiger partial charge is 0.480 e. The molecule has 3 aromatic rings. The molecule has 5 rings (SSSR count). The number of fused-ring (bicyclic) bond motifs is 1. The number of nitrogens with one attached hydrogen (secondary N) is 2. The van der Waals surface area contributed by atoms with Crippen LogP contribution in [0.5, 0.6) is 0 Å². The van der Waals surface area contributed by atoms with Crippen molar-refractivity contribution >= 4 is 23.0 Å². The topological polar surface area (TPSA) is 90.5 Å². The van der Waals surface area contributed by atoms with Crippen LogP contribution in [0.3, 0.4) is 0 Å². The van der Waals surface area contributed by atoms with Gasteiger partial charge in [0.2, 0.25) is 5.95 Å². The third-order valence-electron chi connectivity index (χ3n) is 6.32. The lowest BCUT2D eigenvalue weighted by atomic mass is 9.81. The molecule has 0 radical (unpaired) electrons. The van der Waals surface area contributed by atoms with Crippen molar-refractivity contribution in [2.45, 2.75) is 30.2 Å². The minimum absolute atomic E-state index is 0.0961. The molecule has 2 saturated heterocycles. The number of anilines is 1. The quantitative estimate of drug-likeness (QED) is 0.556. The molecule has 2 atom stereocenters. The first kappa shape index (κ1) is 20.8. The van der Waals surface area contributed by atoms with Crippen molar-refractivity contribution in [1.29, 1.82) is 0 Å². The monoisotopic (exact) mass is 446 g/mol. The minimum atomic E-state index is -4.55. The maximum atomic E-state index is 13.5. The van der Waals surface area contributed by atoms with E-state index in [9.17, 15) is 23.1 Å². The predicted octanol–water partition coefficient (Wildman–Crippen LogP) is 3.45. The molecule has 0 aliphatic carbocycles. The number of rotatable bonds is 5. The Hall–Kier alpha value is -3.11. The van der Waals surface area contributed by atoms with Gasteiger partial charge >= 0.3 is 12.1 Å². The van der Waals surface area contributed by atoms with Crippen LogP contribution >= 0.6 is 0 Å². The molecule has 168 valence electrons. The van der Waals surface area contributed by atoms with Crippen molar-refractivity contribution in [2.75, 3.05) is 25.1 Å². The van der Waals surface area contributed by atoms with Crippen molar-refractivity contribution in [3.63, 3.8) is 0 Å². The van der Waals surface area contributed by atoms with E-state index in [-0.39, 0.29) is 11.6 Å². The van der Waals surface area contributed by atoms with Crippen LogP contribution in [0.2, 0.25) is 0 Å². The van der Waals surface area contributed by atoms with Crippen LogP contribution in [-0.4, -0.2) is 57.8 Å². The van der Waals surface area contributed by atoms with E-state index in [1.165, 1.54) is 6.07 Å². The Balaban J connectivity index is 1.64. The first-order chi connectivity index (χ1) is 15.3. The fourth-order valence-electron chi connectivity index (χ4n) is 4.72. The average molecular weight is 446 g/mol. The summed E-state index contributed by atoms with van der Waals surface area (Å²) in [5.74, 6) is -0.808. The van der Waals surface area contributed by atoms with Crippen LogP contribution in [0.15, 0.2) is 48.5 Å². The number of carbonyl (C=O) groups is 1. The number of alkyl halides is 3. The fraction of sp³-hybridized carbons (Fsp3) is 0.364. The van der Waals surface area contributed by atoms with Crippen LogP contribution in [0.1, 0.15) is 17.5 Å². The Morgan fingerprint density at radius 3 is 2.66 bits per heavy atom. The highest BCUT2D eigenvalue weighted by Gasteiger charge is 2.56. The number of halogens is 3. The number of para-hydroxylation sites is 2. The van der Waals surface area contributed by atoms with Crippen molar-refractivity contribution in [1.82, 2.24) is 14.9 Å². The van der Waals surface area contributed by atoms with E-state index in [2.05, 4.69) is 15.3 Å². The van der Waals surface area contributed by atoms with Crippen molar-refractivity contribution in [3.8, 4) is 0 Å². The number of benzene rings is 2. The zero-order chi connectivity index (χ0) is 22.5. The maximum Gasteiger partial charge on any atom is 0.416 e. The van der Waals surface area contributed by atoms with E-state index in [1.807, 2.05) is 23.1 Å². The van der Waals surface area contributed by atoms with Gasteiger partial charge < -0.3 is 20.1 Å². The standard InChI is InChI=1S/C22H21F3N4O3/c23-22(24,25)14-5-3-4-13(10-14)21(28-20-26-16-6-1-2-7-17(16)27-20)8-9-29(15-11-32-12-15)18(21)19(30)31/h1-7,10,15,18H,8-9,11-12H2,(H,30,31)(H2,26,27,28)/t18-,21?/m1/s1. The smallest absolute Gasteiger partial charge is 0.416 e. The summed E-state index contributed by atoms with van der Waals surface area (Å²) in [6, 6.07) is 11.0. The summed E-state index contributed by atoms with van der Waals surface area (Å²) in [6.07, 6.45) is -4.26. The normalized spacial score (nSPS) is 24.5. The number of carboxylic acids is 1. The molecule has 10 heteroatoms. The van der Waals surface area contributed by atoms with E-state index >= 15 is 0 Å². The highest BCUT2D eigenvalue weighted by atomic mass is 19.4. The number of nitrogens with zero attached hydrogens (tertiary/aromatic N) is 2. The van der Waals surface area contributed by atoms with Crippen LogP contribution in [0.4, 0.5) is 19.1 Å². The Bertz CT molecular complexity index is 1130. The molecule has 2 aliphatic heterocycles. The van der Waals surface area contributed by atoms with E-state index in [0.717, 1.165) is 17.6 Å². The third-order valence-corrected chi connectivity index (χ3v) is 6.32. The molecular formula is C22H21F3N4O3. The molecule has 0 spiro atoms. The molecule has 3 N–H and O–H groups in total. The number of aliphatic carboxylic acids is 1. The zero-order valence-corrected chi connectivity index (χ0v) is 16.9. The molecule has 32 heavy (non-hydrogen) atoms. The minimum Gasteiger partial charge on any atom is -0.480 e. The van der Waals surface area contributed by atoms with Gasteiger partial charge in [-0.05, 0) is 36.2 Å². The summed E-state index contributed by atoms with van der Waals surface area (Å²) < 4.78 is 45.7. The van der Waals surface area contributed by atoms with Crippen LogP contribution in [0.25, 0.3) is 11.0 Å². The van der Waals surface area contributed by atoms with Gasteiger partial charge in [0.1, 0.15) is 6.04 Å². The maximum absolute atomic E-state index is 13.5. The first-order valence-corrected chi connectivity index (χ1v) is 10.2. The fourth-order valence-corrected chi connectivity index (χ4v) is 4.72. The Morgan fingerprint density at radius 1 is 1.22 bits per heavy atom. The Morgan fingerprint density at radius 2 is 2.00 bits per heavy atom. The van der Waals surface area contributed by atoms with Gasteiger partial charge in [0.25, 0.3) is 0 Å². The van der Waals surface area contributed by atoms with E-state index in [4.69, 9.17) is 4.74 Å². The number of likely N-dealkylation sites (tertiary alicyclic amines) is 1. The number of carboxylic acid groups (broad SMARTS) is 1. The second kappa shape index (κ2) is 7.49. The number of H-pyrrole nitrogens is 1. The lowest BCUT2D eigenvalue weighted by molar-refractivity contribution is -0.149. The van der Waals surface area contributed by atoms with Crippen LogP contribution in [-0.2, 0) is 21.2 Å². The average Bonchev–Trinajstić information content (AvgIpc) is 3.28. The Labute approximate surface area is 181 Å². The van der Waals surface area contributed by atoms with Crippen molar-refractivity contribution in [3.05, 3.63) is 59.7 Å². The van der Waals surface area contributed by atoms with Crippen LogP contribution < -0.4 is 5.32 Å². The number of hydrogen-bond acceptors (Lipinski definition) is 5. The second-order valence-electron chi connectivity index (χ2n) is 8.20. The van der Waals surface area contributed by atoms with Crippen molar-refractivity contribution in [2.24, 2.45) is 0 Å². The predicted molar refractivity (Wildman–Crippen MR) is 110 cm³/mol. The van der Waals surface area contributed by atoms with Gasteiger partial charge in [0.05, 0.1) is 41.4 Å². The summed E-state index contributed by atoms with van der Waals surface area (Å²) in [5, 5.41) is 13.4. The summed E-state index contributed by atoms with van der Waals surface area (Å²) in [6.45, 7) is 1.19. The lowest BCUT2D eigenvalue weighted by Gasteiger charge is -2.42. The molecule has 0 amide bonds. The second-order valence-corrected chi connectivity index (χ2v) is 8.20. The van der Waals surface area contributed by atoms with Crippen LogP contribution in [0, 0.1) is 0 Å². The van der Waals surface area contributed by atoms with Gasteiger partial charge in [-0.2, -0.15) is 13.2 Å². The highest BCUT2D eigenvalue weighted by molar-refractivity contribution is 5.80. The molecule has 3 heterocycles. The molecule has 1 aromatic heterocycles. The van der Waals surface area contributed by atoms with E-state index in [0.29, 0.717) is 37.6 Å². The van der Waals surface area contributed by atoms with Gasteiger partial charge in [-0.3, -0.25) is 9.69 Å². The molecule has 1 unspecified atom stereocenters. The van der Waals surface area contributed by atoms with Gasteiger partial charge in [0.15, 0.2) is 0 Å². The summed E-state index contributed by atoms with van der Waals surface area (Å²) in [7, 11) is 0. The molecule has 2 fully saturated rings. The molecule has 2 aromatic carbocycles. The number of hydrogen-bond donors (Lipinski definition) is 3. The number of ether oxygens (including phenoxy) is 1. The lowest BCUT2D eigenvalue weighted by Crippen LogP contribution is -2.59. The molecular weight excluding hydrogens is 425 g/mol. The first-order valence-electron chi connectivity index (χ1n) is 10.2. The molecule has 7 nitrogen and oxygen atoms in total. The SMILES string of the molecule is O=C(O)[C@H]1N(C2COC2)CCC1(Nc1nc2ccccc2[nH]1)c1cccc(C(F)(F)F)c1. The van der Waals surface area contributed by atoms with Crippen molar-refractivity contribution < 1.29 is 27.8 Å². The third kappa shape index (κ3) is 3.39. The molecule has 0 saturated carbocycles. The zero-order valence-electron chi connectivity index (χ0n) is 16.9. The van der Waals surface area contributed by atoms with Gasteiger partial charge in [-0.15, -0.1) is 0 Å². The summed E-state index contributed by atoms with van der Waals surface area (Å²) in [5.41, 5.74) is -0.485. The number of imidazole rings is 1. The summed E-state index contributed by atoms with van der Waals surface area (Å²) >= 11 is 0. The van der Waals surface area contributed by atoms with E-state index < -0.39 is 29.3 Å². The van der Waals surface area contributed by atoms with Gasteiger partial charge in [-0.1, -0.05) is 24.3 Å². The number of aromatic amines is 1. The number of aromatic nitrogens is 2. The Kier molecular flexibility index (Phi) is 4.86. The summed E-state index contributed by atoms with van der Waals surface area (Å²) in [4.78, 5) is 21.9. The molecule has 2 aliphatic rings. The molecule has 0 bridgehead atoms. The highest BCUT2D eigenvalue weighted by Crippen LogP contribution is 2.44.